The van der Waals surface area contributed by atoms with Crippen molar-refractivity contribution < 1.29 is 9.53 Å². The molecule has 1 fully saturated rings. The zero-order chi connectivity index (χ0) is 14.8. The van der Waals surface area contributed by atoms with Crippen LogP contribution in [0.25, 0.3) is 10.9 Å². The third-order valence-corrected chi connectivity index (χ3v) is 3.95. The van der Waals surface area contributed by atoms with Gasteiger partial charge in [0.2, 0.25) is 0 Å². The number of hydrogen-bond donors (Lipinski definition) is 1. The molecule has 5 heteroatoms. The minimum Gasteiger partial charge on any atom is -0.461 e. The fourth-order valence-corrected chi connectivity index (χ4v) is 2.49. The second-order valence-corrected chi connectivity index (χ2v) is 5.52. The summed E-state index contributed by atoms with van der Waals surface area (Å²) in [5.74, 6) is 0.999. The van der Waals surface area contributed by atoms with Crippen LogP contribution >= 0.6 is 0 Å². The zero-order valence-electron chi connectivity index (χ0n) is 12.3. The van der Waals surface area contributed by atoms with Gasteiger partial charge in [-0.05, 0) is 31.2 Å². The smallest absolute Gasteiger partial charge is 0.361 e. The first kappa shape index (κ1) is 13.8. The zero-order valence-corrected chi connectivity index (χ0v) is 12.3. The largest absolute Gasteiger partial charge is 0.461 e. The van der Waals surface area contributed by atoms with Crippen LogP contribution in [0.2, 0.25) is 0 Å². The molecule has 1 aromatic heterocycles. The first-order chi connectivity index (χ1) is 10.2. The summed E-state index contributed by atoms with van der Waals surface area (Å²) in [7, 11) is 0. The van der Waals surface area contributed by atoms with Crippen LogP contribution in [0.15, 0.2) is 24.3 Å². The highest BCUT2D eigenvalue weighted by Crippen LogP contribution is 2.38. The number of carbonyl (C=O) groups excluding carboxylic acids is 1. The van der Waals surface area contributed by atoms with Gasteiger partial charge in [0.25, 0.3) is 0 Å². The Bertz CT molecular complexity index is 672. The molecule has 5 nitrogen and oxygen atoms in total. The molecule has 1 heterocycles. The number of ether oxygens (including phenoxy) is 1. The fourth-order valence-electron chi connectivity index (χ4n) is 2.49. The SMILES string of the molecule is CCOC(=O)c1nnc2ccccc2c1NCC1CC1C. The lowest BCUT2D eigenvalue weighted by Gasteiger charge is -2.12. The standard InChI is InChI=1S/C16H19N3O2/c1-3-21-16(20)15-14(17-9-11-8-10(11)2)12-6-4-5-7-13(12)18-19-15/h4-7,10-11H,3,8-9H2,1-2H3,(H,17,18). The number of hydrogen-bond acceptors (Lipinski definition) is 5. The van der Waals surface area contributed by atoms with Gasteiger partial charge in [-0.3, -0.25) is 0 Å². The maximum Gasteiger partial charge on any atom is 0.361 e. The number of aromatic nitrogens is 2. The summed E-state index contributed by atoms with van der Waals surface area (Å²) in [6, 6.07) is 7.69. The van der Waals surface area contributed by atoms with Gasteiger partial charge in [0.05, 0.1) is 17.8 Å². The van der Waals surface area contributed by atoms with Crippen LogP contribution < -0.4 is 5.32 Å². The summed E-state index contributed by atoms with van der Waals surface area (Å²) < 4.78 is 5.08. The van der Waals surface area contributed by atoms with Crippen molar-refractivity contribution in [3.63, 3.8) is 0 Å². The lowest BCUT2D eigenvalue weighted by atomic mass is 10.1. The average Bonchev–Trinajstić information content (AvgIpc) is 3.20. The monoisotopic (exact) mass is 285 g/mol. The predicted molar refractivity (Wildman–Crippen MR) is 81.3 cm³/mol. The van der Waals surface area contributed by atoms with Crippen LogP contribution in [0, 0.1) is 11.8 Å². The lowest BCUT2D eigenvalue weighted by molar-refractivity contribution is 0.0519. The molecule has 2 unspecified atom stereocenters. The maximum absolute atomic E-state index is 12.1. The molecule has 0 radical (unpaired) electrons. The number of esters is 1. The Morgan fingerprint density at radius 2 is 2.14 bits per heavy atom. The van der Waals surface area contributed by atoms with E-state index in [0.29, 0.717) is 12.5 Å². The minimum absolute atomic E-state index is 0.267. The van der Waals surface area contributed by atoms with E-state index in [1.807, 2.05) is 24.3 Å². The number of carbonyl (C=O) groups is 1. The van der Waals surface area contributed by atoms with Gasteiger partial charge in [-0.2, -0.15) is 0 Å². The number of anilines is 1. The molecule has 21 heavy (non-hydrogen) atoms. The molecule has 0 aliphatic heterocycles. The summed E-state index contributed by atoms with van der Waals surface area (Å²) in [5, 5.41) is 12.5. The molecule has 1 aliphatic rings. The molecule has 0 saturated heterocycles. The van der Waals surface area contributed by atoms with Crippen molar-refractivity contribution in [2.75, 3.05) is 18.5 Å². The number of fused-ring (bicyclic) bond motifs is 1. The molecule has 0 bridgehead atoms. The van der Waals surface area contributed by atoms with E-state index in [2.05, 4.69) is 22.4 Å². The molecule has 3 rings (SSSR count). The Labute approximate surface area is 123 Å². The highest BCUT2D eigenvalue weighted by atomic mass is 16.5. The summed E-state index contributed by atoms with van der Waals surface area (Å²) >= 11 is 0. The molecule has 0 spiro atoms. The molecule has 2 aromatic rings. The van der Waals surface area contributed by atoms with Crippen molar-refractivity contribution in [3.05, 3.63) is 30.0 Å². The van der Waals surface area contributed by atoms with E-state index in [4.69, 9.17) is 4.74 Å². The summed E-state index contributed by atoms with van der Waals surface area (Å²) in [4.78, 5) is 12.1. The van der Waals surface area contributed by atoms with Crippen molar-refractivity contribution in [2.24, 2.45) is 11.8 Å². The molecule has 110 valence electrons. The van der Waals surface area contributed by atoms with Crippen LogP contribution in [-0.4, -0.2) is 29.3 Å². The van der Waals surface area contributed by atoms with Crippen molar-refractivity contribution in [3.8, 4) is 0 Å². The summed E-state index contributed by atoms with van der Waals surface area (Å²) in [5.41, 5.74) is 1.78. The van der Waals surface area contributed by atoms with E-state index >= 15 is 0 Å². The van der Waals surface area contributed by atoms with Crippen LogP contribution in [0.3, 0.4) is 0 Å². The Morgan fingerprint density at radius 1 is 1.38 bits per heavy atom. The van der Waals surface area contributed by atoms with Gasteiger partial charge >= 0.3 is 5.97 Å². The first-order valence-electron chi connectivity index (χ1n) is 7.37. The molecular weight excluding hydrogens is 266 g/mol. The molecule has 1 aromatic carbocycles. The number of nitrogens with one attached hydrogen (secondary N) is 1. The van der Waals surface area contributed by atoms with Crippen molar-refractivity contribution in [1.29, 1.82) is 0 Å². The molecule has 2 atom stereocenters. The Balaban J connectivity index is 1.97. The van der Waals surface area contributed by atoms with E-state index in [9.17, 15) is 4.79 Å². The number of nitrogens with zero attached hydrogens (tertiary/aromatic N) is 2. The Kier molecular flexibility index (Phi) is 3.73. The second-order valence-electron chi connectivity index (χ2n) is 5.52. The molecular formula is C16H19N3O2. The van der Waals surface area contributed by atoms with Crippen molar-refractivity contribution in [2.45, 2.75) is 20.3 Å². The topological polar surface area (TPSA) is 64.1 Å². The number of rotatable bonds is 5. The van der Waals surface area contributed by atoms with Crippen LogP contribution in [0.5, 0.6) is 0 Å². The van der Waals surface area contributed by atoms with Gasteiger partial charge in [-0.25, -0.2) is 4.79 Å². The van der Waals surface area contributed by atoms with Crippen molar-refractivity contribution in [1.82, 2.24) is 10.2 Å². The molecule has 1 N–H and O–H groups in total. The fraction of sp³-hybridized carbons (Fsp3) is 0.438. The van der Waals surface area contributed by atoms with E-state index in [1.165, 1.54) is 6.42 Å². The van der Waals surface area contributed by atoms with Crippen LogP contribution in [0.4, 0.5) is 5.69 Å². The number of benzene rings is 1. The Morgan fingerprint density at radius 3 is 2.86 bits per heavy atom. The van der Waals surface area contributed by atoms with E-state index in [1.54, 1.807) is 6.92 Å². The quantitative estimate of drug-likeness (QED) is 0.856. The van der Waals surface area contributed by atoms with E-state index in [-0.39, 0.29) is 5.69 Å². The highest BCUT2D eigenvalue weighted by Gasteiger charge is 2.32. The van der Waals surface area contributed by atoms with Gasteiger partial charge < -0.3 is 10.1 Å². The Hall–Kier alpha value is -2.17. The maximum atomic E-state index is 12.1. The third kappa shape index (κ3) is 2.82. The van der Waals surface area contributed by atoms with E-state index < -0.39 is 5.97 Å². The highest BCUT2D eigenvalue weighted by molar-refractivity contribution is 6.03. The summed E-state index contributed by atoms with van der Waals surface area (Å²) in [6.45, 7) is 5.20. The molecule has 0 amide bonds. The van der Waals surface area contributed by atoms with Crippen LogP contribution in [-0.2, 0) is 4.74 Å². The van der Waals surface area contributed by atoms with E-state index in [0.717, 1.165) is 29.1 Å². The lowest BCUT2D eigenvalue weighted by Crippen LogP contribution is -2.15. The molecule has 1 aliphatic carbocycles. The van der Waals surface area contributed by atoms with Gasteiger partial charge in [-0.15, -0.1) is 10.2 Å². The van der Waals surface area contributed by atoms with Gasteiger partial charge in [0.1, 0.15) is 0 Å². The van der Waals surface area contributed by atoms with Crippen LogP contribution in [0.1, 0.15) is 30.8 Å². The van der Waals surface area contributed by atoms with Gasteiger partial charge in [0.15, 0.2) is 5.69 Å². The van der Waals surface area contributed by atoms with Gasteiger partial charge in [-0.1, -0.05) is 25.1 Å². The summed E-state index contributed by atoms with van der Waals surface area (Å²) in [6.07, 6.45) is 1.23. The normalized spacial score (nSPS) is 20.3. The predicted octanol–water partition coefficient (Wildman–Crippen LogP) is 2.87. The first-order valence-corrected chi connectivity index (χ1v) is 7.37. The average molecular weight is 285 g/mol. The minimum atomic E-state index is -0.429. The molecule has 1 saturated carbocycles. The van der Waals surface area contributed by atoms with Gasteiger partial charge in [0, 0.05) is 11.9 Å². The third-order valence-electron chi connectivity index (χ3n) is 3.95. The second kappa shape index (κ2) is 5.68. The van der Waals surface area contributed by atoms with Crippen molar-refractivity contribution >= 4 is 22.6 Å².